The summed E-state index contributed by atoms with van der Waals surface area (Å²) >= 11 is 0. The van der Waals surface area contributed by atoms with Crippen LogP contribution < -0.4 is 14.2 Å². The number of fused-ring (bicyclic) bond motifs is 1. The van der Waals surface area contributed by atoms with Crippen LogP contribution in [-0.2, 0) is 4.74 Å². The van der Waals surface area contributed by atoms with Crippen molar-refractivity contribution in [1.29, 1.82) is 0 Å². The predicted octanol–water partition coefficient (Wildman–Crippen LogP) is 3.04. The Morgan fingerprint density at radius 3 is 2.56 bits per heavy atom. The van der Waals surface area contributed by atoms with Gasteiger partial charge in [0.05, 0.1) is 18.8 Å². The van der Waals surface area contributed by atoms with E-state index < -0.39 is 24.1 Å². The molecule has 2 aromatic rings. The molecule has 3 atom stereocenters. The van der Waals surface area contributed by atoms with E-state index in [2.05, 4.69) is 0 Å². The fourth-order valence-corrected chi connectivity index (χ4v) is 2.81. The molecule has 2 N–H and O–H groups in total. The van der Waals surface area contributed by atoms with E-state index in [1.807, 2.05) is 0 Å². The van der Waals surface area contributed by atoms with Gasteiger partial charge >= 0.3 is 5.97 Å². The van der Waals surface area contributed by atoms with Crippen molar-refractivity contribution in [1.82, 2.24) is 0 Å². The summed E-state index contributed by atoms with van der Waals surface area (Å²) in [6.45, 7) is 3.52. The molecule has 0 amide bonds. The molecule has 2 aromatic carbocycles. The quantitative estimate of drug-likeness (QED) is 0.751. The second kappa shape index (κ2) is 7.75. The lowest BCUT2D eigenvalue weighted by atomic mass is 9.92. The Kier molecular flexibility index (Phi) is 5.41. The zero-order valence-electron chi connectivity index (χ0n) is 15.3. The number of benzene rings is 2. The molecule has 0 saturated heterocycles. The summed E-state index contributed by atoms with van der Waals surface area (Å²) < 4.78 is 21.4. The van der Waals surface area contributed by atoms with Crippen LogP contribution in [0.25, 0.3) is 0 Å². The van der Waals surface area contributed by atoms with E-state index in [-0.39, 0.29) is 18.3 Å². The topological polar surface area (TPSA) is 94.5 Å². The van der Waals surface area contributed by atoms with E-state index in [0.29, 0.717) is 22.6 Å². The van der Waals surface area contributed by atoms with Crippen LogP contribution in [0.3, 0.4) is 0 Å². The van der Waals surface area contributed by atoms with Gasteiger partial charge in [0, 0.05) is 5.92 Å². The van der Waals surface area contributed by atoms with Gasteiger partial charge in [-0.05, 0) is 42.8 Å². The number of methoxy groups -OCH3 is 1. The highest BCUT2D eigenvalue weighted by molar-refractivity contribution is 5.90. The Morgan fingerprint density at radius 2 is 1.85 bits per heavy atom. The average molecular weight is 374 g/mol. The summed E-state index contributed by atoms with van der Waals surface area (Å²) in [5.74, 6) is 0.343. The van der Waals surface area contributed by atoms with Crippen molar-refractivity contribution >= 4 is 5.97 Å². The normalized spacial score (nSPS) is 15.7. The first-order valence-electron chi connectivity index (χ1n) is 8.56. The highest BCUT2D eigenvalue weighted by atomic mass is 16.7. The summed E-state index contributed by atoms with van der Waals surface area (Å²) in [4.78, 5) is 12.7. The zero-order chi connectivity index (χ0) is 19.6. The number of carbonyl (C=O) groups is 1. The van der Waals surface area contributed by atoms with Gasteiger partial charge in [0.25, 0.3) is 0 Å². The van der Waals surface area contributed by atoms with Crippen LogP contribution in [-0.4, -0.2) is 36.2 Å². The third-order valence-corrected chi connectivity index (χ3v) is 4.61. The molecule has 0 saturated carbocycles. The molecule has 3 rings (SSSR count). The highest BCUT2D eigenvalue weighted by Crippen LogP contribution is 2.36. The molecule has 144 valence electrons. The Labute approximate surface area is 157 Å². The van der Waals surface area contributed by atoms with Gasteiger partial charge in [-0.25, -0.2) is 4.79 Å². The van der Waals surface area contributed by atoms with Gasteiger partial charge in [0.15, 0.2) is 23.0 Å². The van der Waals surface area contributed by atoms with Gasteiger partial charge in [0.1, 0.15) is 6.10 Å². The van der Waals surface area contributed by atoms with Gasteiger partial charge in [0.2, 0.25) is 6.79 Å². The summed E-state index contributed by atoms with van der Waals surface area (Å²) in [5.41, 5.74) is 0.917. The molecule has 0 radical (unpaired) electrons. The standard InChI is InChI=1S/C20H22O7/c1-11(12(2)21)19(13-4-6-15(22)17(8-13)24-3)27-20(23)14-5-7-16-18(9-14)26-10-25-16/h4-9,11-12,19,21-22H,10H2,1-3H3. The van der Waals surface area contributed by atoms with Gasteiger partial charge in [-0.1, -0.05) is 13.0 Å². The summed E-state index contributed by atoms with van der Waals surface area (Å²) in [6.07, 6.45) is -1.46. The van der Waals surface area contributed by atoms with Crippen LogP contribution in [0.15, 0.2) is 36.4 Å². The monoisotopic (exact) mass is 374 g/mol. The molecular formula is C20H22O7. The van der Waals surface area contributed by atoms with Crippen molar-refractivity contribution in [3.63, 3.8) is 0 Å². The molecule has 3 unspecified atom stereocenters. The van der Waals surface area contributed by atoms with E-state index in [9.17, 15) is 15.0 Å². The number of phenolic OH excluding ortho intramolecular Hbond substituents is 1. The third-order valence-electron chi connectivity index (χ3n) is 4.61. The first-order valence-corrected chi connectivity index (χ1v) is 8.56. The minimum absolute atomic E-state index is 0.0215. The lowest BCUT2D eigenvalue weighted by molar-refractivity contribution is -0.0103. The predicted molar refractivity (Wildman–Crippen MR) is 96.2 cm³/mol. The van der Waals surface area contributed by atoms with Crippen molar-refractivity contribution < 1.29 is 34.0 Å². The largest absolute Gasteiger partial charge is 0.504 e. The molecule has 1 heterocycles. The molecule has 0 bridgehead atoms. The number of carbonyl (C=O) groups excluding carboxylic acids is 1. The Balaban J connectivity index is 1.88. The van der Waals surface area contributed by atoms with Crippen LogP contribution in [0.5, 0.6) is 23.0 Å². The summed E-state index contributed by atoms with van der Waals surface area (Å²) in [7, 11) is 1.44. The maximum absolute atomic E-state index is 12.7. The van der Waals surface area contributed by atoms with Crippen LogP contribution in [0.4, 0.5) is 0 Å². The minimum atomic E-state index is -0.738. The Bertz CT molecular complexity index is 831. The molecule has 1 aliphatic rings. The third kappa shape index (κ3) is 3.93. The first kappa shape index (κ1) is 18.8. The second-order valence-corrected chi connectivity index (χ2v) is 6.42. The molecule has 1 aliphatic heterocycles. The fourth-order valence-electron chi connectivity index (χ4n) is 2.81. The smallest absolute Gasteiger partial charge is 0.338 e. The number of aromatic hydroxyl groups is 1. The van der Waals surface area contributed by atoms with Gasteiger partial charge in [-0.2, -0.15) is 0 Å². The van der Waals surface area contributed by atoms with E-state index >= 15 is 0 Å². The summed E-state index contributed by atoms with van der Waals surface area (Å²) in [5, 5.41) is 19.8. The minimum Gasteiger partial charge on any atom is -0.504 e. The van der Waals surface area contributed by atoms with E-state index in [0.717, 1.165) is 0 Å². The number of esters is 1. The first-order chi connectivity index (χ1) is 12.9. The molecular weight excluding hydrogens is 352 g/mol. The van der Waals surface area contributed by atoms with E-state index in [4.69, 9.17) is 18.9 Å². The number of rotatable bonds is 6. The number of ether oxygens (including phenoxy) is 4. The van der Waals surface area contributed by atoms with Crippen LogP contribution in [0.1, 0.15) is 35.9 Å². The average Bonchev–Trinajstić information content (AvgIpc) is 3.13. The molecule has 0 aliphatic carbocycles. The Morgan fingerprint density at radius 1 is 1.11 bits per heavy atom. The molecule has 0 aromatic heterocycles. The van der Waals surface area contributed by atoms with Gasteiger partial charge in [-0.3, -0.25) is 0 Å². The van der Waals surface area contributed by atoms with Crippen molar-refractivity contribution in [3.05, 3.63) is 47.5 Å². The lowest BCUT2D eigenvalue weighted by Gasteiger charge is -2.27. The molecule has 7 heteroatoms. The highest BCUT2D eigenvalue weighted by Gasteiger charge is 2.29. The molecule has 27 heavy (non-hydrogen) atoms. The lowest BCUT2D eigenvalue weighted by Crippen LogP contribution is -2.25. The second-order valence-electron chi connectivity index (χ2n) is 6.42. The van der Waals surface area contributed by atoms with Crippen molar-refractivity contribution in [3.8, 4) is 23.0 Å². The number of aliphatic hydroxyl groups is 1. The summed E-state index contributed by atoms with van der Waals surface area (Å²) in [6, 6.07) is 9.49. The molecule has 7 nitrogen and oxygen atoms in total. The fraction of sp³-hybridized carbons (Fsp3) is 0.350. The van der Waals surface area contributed by atoms with Gasteiger partial charge in [-0.15, -0.1) is 0 Å². The van der Waals surface area contributed by atoms with Crippen LogP contribution in [0.2, 0.25) is 0 Å². The van der Waals surface area contributed by atoms with E-state index in [1.165, 1.54) is 13.2 Å². The number of hydrogen-bond acceptors (Lipinski definition) is 7. The van der Waals surface area contributed by atoms with Crippen LogP contribution in [0, 0.1) is 5.92 Å². The van der Waals surface area contributed by atoms with E-state index in [1.54, 1.807) is 44.2 Å². The van der Waals surface area contributed by atoms with Crippen molar-refractivity contribution in [2.24, 2.45) is 5.92 Å². The van der Waals surface area contributed by atoms with Gasteiger partial charge < -0.3 is 29.2 Å². The maximum atomic E-state index is 12.7. The number of hydrogen-bond donors (Lipinski definition) is 2. The Hall–Kier alpha value is -2.93. The number of aliphatic hydroxyl groups excluding tert-OH is 1. The van der Waals surface area contributed by atoms with Crippen LogP contribution >= 0.6 is 0 Å². The zero-order valence-corrected chi connectivity index (χ0v) is 15.3. The SMILES string of the molecule is COc1cc(C(OC(=O)c2ccc3c(c2)OCO3)C(C)C(C)O)ccc1O. The van der Waals surface area contributed by atoms with Crippen molar-refractivity contribution in [2.75, 3.05) is 13.9 Å². The molecule has 0 fully saturated rings. The van der Waals surface area contributed by atoms with Crippen molar-refractivity contribution in [2.45, 2.75) is 26.1 Å². The number of phenols is 1. The maximum Gasteiger partial charge on any atom is 0.338 e. The molecule has 0 spiro atoms.